The number of aromatic nitrogens is 4. The third-order valence-corrected chi connectivity index (χ3v) is 5.72. The molecule has 2 aromatic heterocycles. The number of carbonyl (C=O) groups excluding carboxylic acids is 1. The van der Waals surface area contributed by atoms with E-state index < -0.39 is 42.3 Å². The van der Waals surface area contributed by atoms with Crippen LogP contribution in [-0.4, -0.2) is 73.2 Å². The summed E-state index contributed by atoms with van der Waals surface area (Å²) in [5.74, 6) is -7.11. The van der Waals surface area contributed by atoms with Gasteiger partial charge in [0.15, 0.2) is 6.10 Å². The number of pyridine rings is 1. The van der Waals surface area contributed by atoms with E-state index in [2.05, 4.69) is 15.2 Å². The Morgan fingerprint density at radius 3 is 2.38 bits per heavy atom. The first-order valence-corrected chi connectivity index (χ1v) is 11.5. The molecular weight excluding hydrogens is 548 g/mol. The Balaban J connectivity index is 0.000000470. The highest BCUT2D eigenvalue weighted by molar-refractivity contribution is 5.95. The summed E-state index contributed by atoms with van der Waals surface area (Å²) in [5, 5.41) is 15.8. The molecule has 0 aliphatic carbocycles. The molecule has 4 aromatic rings. The Hall–Kier alpha value is -4.69. The lowest BCUT2D eigenvalue weighted by molar-refractivity contribution is -0.192. The number of halogens is 6. The van der Waals surface area contributed by atoms with Gasteiger partial charge in [0.25, 0.3) is 11.8 Å². The summed E-state index contributed by atoms with van der Waals surface area (Å²) in [5.41, 5.74) is 0.871. The van der Waals surface area contributed by atoms with Crippen LogP contribution in [0.4, 0.5) is 26.3 Å². The van der Waals surface area contributed by atoms with Gasteiger partial charge in [-0.15, -0.1) is 0 Å². The number of hydrogen-bond donors (Lipinski definition) is 1. The first-order valence-electron chi connectivity index (χ1n) is 11.5. The Morgan fingerprint density at radius 2 is 1.70 bits per heavy atom. The zero-order valence-electron chi connectivity index (χ0n) is 20.2. The van der Waals surface area contributed by atoms with E-state index in [4.69, 9.17) is 14.6 Å². The van der Waals surface area contributed by atoms with Gasteiger partial charge in [-0.05, 0) is 24.3 Å². The lowest BCUT2D eigenvalue weighted by Crippen LogP contribution is -2.55. The second-order valence-corrected chi connectivity index (χ2v) is 8.53. The normalized spacial score (nSPS) is 16.6. The van der Waals surface area contributed by atoms with Gasteiger partial charge in [-0.1, -0.05) is 18.2 Å². The van der Waals surface area contributed by atoms with Crippen molar-refractivity contribution in [2.75, 3.05) is 13.1 Å². The molecule has 2 aromatic carbocycles. The molecule has 1 atom stereocenters. The molecule has 5 rings (SSSR count). The van der Waals surface area contributed by atoms with Gasteiger partial charge in [-0.2, -0.15) is 28.2 Å². The van der Waals surface area contributed by atoms with E-state index >= 15 is 0 Å². The third-order valence-electron chi connectivity index (χ3n) is 5.72. The van der Waals surface area contributed by atoms with Gasteiger partial charge in [-0.25, -0.2) is 22.9 Å². The van der Waals surface area contributed by atoms with Crippen molar-refractivity contribution in [2.24, 2.45) is 0 Å². The molecule has 1 saturated heterocycles. The van der Waals surface area contributed by atoms with Crippen LogP contribution in [0.2, 0.25) is 0 Å². The Kier molecular flexibility index (Phi) is 7.93. The lowest BCUT2D eigenvalue weighted by atomic mass is 10.0. The van der Waals surface area contributed by atoms with E-state index in [1.165, 1.54) is 40.3 Å². The van der Waals surface area contributed by atoms with E-state index in [0.29, 0.717) is 5.52 Å². The summed E-state index contributed by atoms with van der Waals surface area (Å²) in [6, 6.07) is 14.2. The number of fused-ring (bicyclic) bond motifs is 1. The highest BCUT2D eigenvalue weighted by atomic mass is 19.4. The molecule has 0 spiro atoms. The number of ether oxygens (including phenoxy) is 1. The molecule has 3 heterocycles. The maximum absolute atomic E-state index is 14.7. The Labute approximate surface area is 221 Å². The minimum Gasteiger partial charge on any atom is -0.475 e. The van der Waals surface area contributed by atoms with E-state index in [1.54, 1.807) is 18.2 Å². The van der Waals surface area contributed by atoms with E-state index in [1.807, 2.05) is 12.1 Å². The molecular formula is C25H19F6N5O4. The summed E-state index contributed by atoms with van der Waals surface area (Å²) >= 11 is 0. The van der Waals surface area contributed by atoms with Gasteiger partial charge in [0, 0.05) is 36.0 Å². The second-order valence-electron chi connectivity index (χ2n) is 8.53. The van der Waals surface area contributed by atoms with Gasteiger partial charge >= 0.3 is 12.1 Å². The van der Waals surface area contributed by atoms with Crippen LogP contribution >= 0.6 is 0 Å². The van der Waals surface area contributed by atoms with Gasteiger partial charge < -0.3 is 14.7 Å². The minimum atomic E-state index is -5.08. The zero-order valence-corrected chi connectivity index (χ0v) is 20.2. The molecule has 1 aliphatic rings. The fourth-order valence-corrected chi connectivity index (χ4v) is 3.78. The number of aliphatic carboxylic acids is 1. The summed E-state index contributed by atoms with van der Waals surface area (Å²) in [6.45, 7) is -0.561. The highest BCUT2D eigenvalue weighted by Gasteiger charge is 2.47. The molecule has 1 N–H and O–H groups in total. The summed E-state index contributed by atoms with van der Waals surface area (Å²) in [7, 11) is 0. The third kappa shape index (κ3) is 6.65. The number of alkyl halides is 5. The monoisotopic (exact) mass is 567 g/mol. The first-order chi connectivity index (χ1) is 18.8. The smallest absolute Gasteiger partial charge is 0.475 e. The van der Waals surface area contributed by atoms with E-state index in [-0.39, 0.29) is 30.2 Å². The number of amides is 1. The molecule has 40 heavy (non-hydrogen) atoms. The highest BCUT2D eigenvalue weighted by Crippen LogP contribution is 2.32. The summed E-state index contributed by atoms with van der Waals surface area (Å²) < 4.78 is 80.8. The molecule has 1 fully saturated rings. The average molecular weight is 567 g/mol. The van der Waals surface area contributed by atoms with Crippen LogP contribution in [0.15, 0.2) is 67.0 Å². The molecule has 9 nitrogen and oxygen atoms in total. The number of nitrogens with zero attached hydrogens (tertiary/aromatic N) is 5. The van der Waals surface area contributed by atoms with Gasteiger partial charge in [-0.3, -0.25) is 4.79 Å². The van der Waals surface area contributed by atoms with E-state index in [9.17, 15) is 31.1 Å². The van der Waals surface area contributed by atoms with Crippen molar-refractivity contribution >= 4 is 22.8 Å². The average Bonchev–Trinajstić information content (AvgIpc) is 3.44. The van der Waals surface area contributed by atoms with Crippen LogP contribution in [0.1, 0.15) is 16.8 Å². The zero-order chi connectivity index (χ0) is 29.1. The van der Waals surface area contributed by atoms with Gasteiger partial charge in [0.05, 0.1) is 30.1 Å². The predicted octanol–water partition coefficient (Wildman–Crippen LogP) is 4.52. The maximum Gasteiger partial charge on any atom is 0.490 e. The van der Waals surface area contributed by atoms with E-state index in [0.717, 1.165) is 11.5 Å². The SMILES string of the molecule is O=C(O)C(F)(F)F.O=C(c1cc(F)cc(-n2nccn2)c1)N1CCC(F)(F)[C@@H](Oc2ccc3ccccc3n2)C1. The molecule has 0 unspecified atom stereocenters. The fourth-order valence-electron chi connectivity index (χ4n) is 3.78. The number of hydrogen-bond acceptors (Lipinski definition) is 6. The Morgan fingerprint density at radius 1 is 1.02 bits per heavy atom. The number of rotatable bonds is 4. The number of piperidine rings is 1. The quantitative estimate of drug-likeness (QED) is 0.361. The molecule has 1 aliphatic heterocycles. The van der Waals surface area contributed by atoms with Crippen LogP contribution in [0.5, 0.6) is 5.88 Å². The lowest BCUT2D eigenvalue weighted by Gasteiger charge is -2.38. The standard InChI is InChI=1S/C23H18F3N5O2.C2HF3O2/c24-17-11-16(12-18(13-17)31-27-8-9-28-31)22(32)30-10-7-23(25,26)20(14-30)33-21-6-5-15-3-1-2-4-19(15)29-21;3-2(4,5)1(6)7/h1-6,8-9,11-13,20H,7,10,14H2;(H,6,7)/t20-;/m0./s1. The van der Waals surface area contributed by atoms with Crippen molar-refractivity contribution in [2.45, 2.75) is 24.6 Å². The fraction of sp³-hybridized carbons (Fsp3) is 0.240. The van der Waals surface area contributed by atoms with Gasteiger partial charge in [0.1, 0.15) is 5.82 Å². The molecule has 15 heteroatoms. The number of carbonyl (C=O) groups is 2. The molecule has 0 bridgehead atoms. The van der Waals surface area contributed by atoms with Crippen LogP contribution in [-0.2, 0) is 4.79 Å². The number of carboxylic acid groups (broad SMARTS) is 1. The van der Waals surface area contributed by atoms with Crippen molar-refractivity contribution in [1.82, 2.24) is 24.9 Å². The van der Waals surface area contributed by atoms with Crippen molar-refractivity contribution in [3.63, 3.8) is 0 Å². The number of likely N-dealkylation sites (tertiary alicyclic amines) is 1. The molecule has 210 valence electrons. The number of benzene rings is 2. The van der Waals surface area contributed by atoms with Crippen LogP contribution in [0, 0.1) is 5.82 Å². The molecule has 0 saturated carbocycles. The van der Waals surface area contributed by atoms with Crippen LogP contribution in [0.25, 0.3) is 16.6 Å². The van der Waals surface area contributed by atoms with Crippen LogP contribution in [0.3, 0.4) is 0 Å². The van der Waals surface area contributed by atoms with Gasteiger partial charge in [0.2, 0.25) is 5.88 Å². The number of carboxylic acids is 1. The summed E-state index contributed by atoms with van der Waals surface area (Å²) in [6.07, 6.45) is -4.42. The summed E-state index contributed by atoms with van der Waals surface area (Å²) in [4.78, 5) is 28.6. The topological polar surface area (TPSA) is 110 Å². The predicted molar refractivity (Wildman–Crippen MR) is 127 cm³/mol. The largest absolute Gasteiger partial charge is 0.490 e. The first kappa shape index (κ1) is 28.3. The van der Waals surface area contributed by atoms with Crippen molar-refractivity contribution in [3.05, 3.63) is 78.4 Å². The minimum absolute atomic E-state index is 0.00935. The van der Waals surface area contributed by atoms with Crippen molar-refractivity contribution in [3.8, 4) is 11.6 Å². The second kappa shape index (κ2) is 11.2. The van der Waals surface area contributed by atoms with Crippen molar-refractivity contribution < 1.29 is 45.8 Å². The van der Waals surface area contributed by atoms with Crippen LogP contribution < -0.4 is 4.74 Å². The van der Waals surface area contributed by atoms with Crippen molar-refractivity contribution in [1.29, 1.82) is 0 Å². The Bertz CT molecular complexity index is 1510. The number of para-hydroxylation sites is 1. The molecule has 0 radical (unpaired) electrons. The maximum atomic E-state index is 14.7. The molecule has 1 amide bonds.